The Hall–Kier alpha value is -4.04. The number of furan rings is 1. The molecule has 5 nitrogen and oxygen atoms in total. The van der Waals surface area contributed by atoms with Gasteiger partial charge < -0.3 is 14.1 Å². The van der Waals surface area contributed by atoms with Gasteiger partial charge in [-0.05, 0) is 29.2 Å². The van der Waals surface area contributed by atoms with Crippen LogP contribution in [0.15, 0.2) is 76.1 Å². The minimum Gasteiger partial charge on any atom is -0.478 e. The maximum Gasteiger partial charge on any atom is 0.335 e. The van der Waals surface area contributed by atoms with E-state index in [2.05, 4.69) is 11.8 Å². The van der Waals surface area contributed by atoms with Crippen LogP contribution in [0.5, 0.6) is 0 Å². The Morgan fingerprint density at radius 1 is 1.07 bits per heavy atom. The lowest BCUT2D eigenvalue weighted by Gasteiger charge is -2.06. The number of aryl methyl sites for hydroxylation is 1. The Labute approximate surface area is 173 Å². The summed E-state index contributed by atoms with van der Waals surface area (Å²) in [6, 6.07) is 18.1. The Balaban J connectivity index is 1.61. The predicted molar refractivity (Wildman–Crippen MR) is 115 cm³/mol. The number of aromatic carboxylic acids is 1. The Morgan fingerprint density at radius 2 is 1.80 bits per heavy atom. The minimum absolute atomic E-state index is 0.106. The molecule has 0 fully saturated rings. The standard InChI is InChI=1S/C25H19NO4/c1-26-16-20(14-18-10-12-19(13-11-18)25(28)29)23(27)22-15-21(30-24(22)26)9-5-8-17-6-3-2-4-7-17/h2-4,6-7,10-13,15-16H,8,14H2,1H3,(H,28,29). The van der Waals surface area contributed by atoms with Crippen LogP contribution in [0.25, 0.3) is 11.1 Å². The molecule has 0 saturated heterocycles. The summed E-state index contributed by atoms with van der Waals surface area (Å²) in [5.41, 5.74) is 3.18. The summed E-state index contributed by atoms with van der Waals surface area (Å²) in [5.74, 6) is 5.56. The van der Waals surface area contributed by atoms with E-state index in [1.165, 1.54) is 0 Å². The fourth-order valence-electron chi connectivity index (χ4n) is 3.33. The lowest BCUT2D eigenvalue weighted by atomic mass is 10.0. The van der Waals surface area contributed by atoms with Gasteiger partial charge >= 0.3 is 5.97 Å². The van der Waals surface area contributed by atoms with Crippen molar-refractivity contribution in [2.45, 2.75) is 12.8 Å². The summed E-state index contributed by atoms with van der Waals surface area (Å²) in [6.45, 7) is 0. The highest BCUT2D eigenvalue weighted by Crippen LogP contribution is 2.18. The van der Waals surface area contributed by atoms with Crippen molar-refractivity contribution in [1.29, 1.82) is 0 Å². The first-order valence-corrected chi connectivity index (χ1v) is 9.48. The monoisotopic (exact) mass is 397 g/mol. The number of nitrogens with zero attached hydrogens (tertiary/aromatic N) is 1. The summed E-state index contributed by atoms with van der Waals surface area (Å²) >= 11 is 0. The quantitative estimate of drug-likeness (QED) is 0.528. The van der Waals surface area contributed by atoms with Crippen molar-refractivity contribution in [3.8, 4) is 11.8 Å². The molecule has 5 heteroatoms. The van der Waals surface area contributed by atoms with E-state index in [4.69, 9.17) is 9.52 Å². The molecule has 0 aliphatic carbocycles. The number of hydrogen-bond acceptors (Lipinski definition) is 3. The van der Waals surface area contributed by atoms with Crippen molar-refractivity contribution in [2.75, 3.05) is 0 Å². The van der Waals surface area contributed by atoms with E-state index < -0.39 is 5.97 Å². The lowest BCUT2D eigenvalue weighted by molar-refractivity contribution is 0.0697. The zero-order valence-corrected chi connectivity index (χ0v) is 16.4. The van der Waals surface area contributed by atoms with Gasteiger partial charge in [0, 0.05) is 37.7 Å². The SMILES string of the molecule is Cn1cc(Cc2ccc(C(=O)O)cc2)c(=O)c2cc(C#CCc3ccccc3)oc21. The van der Waals surface area contributed by atoms with Crippen molar-refractivity contribution < 1.29 is 14.3 Å². The zero-order valence-electron chi connectivity index (χ0n) is 16.4. The zero-order chi connectivity index (χ0) is 21.1. The fourth-order valence-corrected chi connectivity index (χ4v) is 3.33. The fraction of sp³-hybridized carbons (Fsp3) is 0.120. The molecule has 0 aliphatic rings. The van der Waals surface area contributed by atoms with Gasteiger partial charge in [-0.3, -0.25) is 4.79 Å². The second-order valence-electron chi connectivity index (χ2n) is 7.07. The average molecular weight is 397 g/mol. The molecule has 148 valence electrons. The summed E-state index contributed by atoms with van der Waals surface area (Å²) in [7, 11) is 1.82. The van der Waals surface area contributed by atoms with Crippen LogP contribution in [-0.2, 0) is 19.9 Å². The number of carboxylic acids is 1. The summed E-state index contributed by atoms with van der Waals surface area (Å²) < 4.78 is 7.57. The molecule has 2 aromatic heterocycles. The molecule has 4 rings (SSSR count). The van der Waals surface area contributed by atoms with Gasteiger partial charge in [-0.2, -0.15) is 0 Å². The maximum absolute atomic E-state index is 13.0. The number of pyridine rings is 1. The van der Waals surface area contributed by atoms with Crippen molar-refractivity contribution in [2.24, 2.45) is 7.05 Å². The van der Waals surface area contributed by atoms with Crippen LogP contribution in [0.3, 0.4) is 0 Å². The number of carboxylic acid groups (broad SMARTS) is 1. The number of fused-ring (bicyclic) bond motifs is 1. The van der Waals surface area contributed by atoms with Crippen molar-refractivity contribution in [1.82, 2.24) is 4.57 Å². The van der Waals surface area contributed by atoms with Crippen LogP contribution < -0.4 is 5.43 Å². The third kappa shape index (κ3) is 4.03. The van der Waals surface area contributed by atoms with Crippen LogP contribution in [0.4, 0.5) is 0 Å². The van der Waals surface area contributed by atoms with Crippen molar-refractivity contribution in [3.63, 3.8) is 0 Å². The van der Waals surface area contributed by atoms with Gasteiger partial charge in [0.05, 0.1) is 10.9 Å². The molecule has 4 aromatic rings. The molecular formula is C25H19NO4. The molecule has 0 unspecified atom stereocenters. The van der Waals surface area contributed by atoms with Crippen molar-refractivity contribution >= 4 is 17.1 Å². The first-order valence-electron chi connectivity index (χ1n) is 9.48. The van der Waals surface area contributed by atoms with E-state index in [-0.39, 0.29) is 11.0 Å². The van der Waals surface area contributed by atoms with E-state index in [9.17, 15) is 9.59 Å². The van der Waals surface area contributed by atoms with Crippen LogP contribution in [0, 0.1) is 11.8 Å². The van der Waals surface area contributed by atoms with E-state index >= 15 is 0 Å². The highest BCUT2D eigenvalue weighted by Gasteiger charge is 2.13. The number of rotatable bonds is 4. The highest BCUT2D eigenvalue weighted by molar-refractivity contribution is 5.87. The van der Waals surface area contributed by atoms with Gasteiger partial charge in [0.1, 0.15) is 0 Å². The van der Waals surface area contributed by atoms with Crippen molar-refractivity contribution in [3.05, 3.63) is 105 Å². The maximum atomic E-state index is 13.0. The summed E-state index contributed by atoms with van der Waals surface area (Å²) in [4.78, 5) is 24.0. The lowest BCUT2D eigenvalue weighted by Crippen LogP contribution is -2.12. The van der Waals surface area contributed by atoms with Gasteiger partial charge in [-0.25, -0.2) is 4.79 Å². The number of benzene rings is 2. The highest BCUT2D eigenvalue weighted by atomic mass is 16.4. The molecule has 0 aliphatic heterocycles. The summed E-state index contributed by atoms with van der Waals surface area (Å²) in [5, 5.41) is 9.51. The minimum atomic E-state index is -0.974. The number of hydrogen-bond donors (Lipinski definition) is 1. The van der Waals surface area contributed by atoms with Gasteiger partial charge in [0.15, 0.2) is 11.2 Å². The number of aromatic nitrogens is 1. The second kappa shape index (κ2) is 8.14. The van der Waals surface area contributed by atoms with Crippen LogP contribution >= 0.6 is 0 Å². The van der Waals surface area contributed by atoms with Gasteiger partial charge in [0.25, 0.3) is 0 Å². The number of carbonyl (C=O) groups is 1. The molecule has 0 atom stereocenters. The molecule has 30 heavy (non-hydrogen) atoms. The molecular weight excluding hydrogens is 378 g/mol. The molecule has 2 aromatic carbocycles. The predicted octanol–water partition coefficient (Wildman–Crippen LogP) is 4.01. The normalized spacial score (nSPS) is 10.6. The smallest absolute Gasteiger partial charge is 0.335 e. The van der Waals surface area contributed by atoms with Crippen LogP contribution in [0.1, 0.15) is 32.8 Å². The van der Waals surface area contributed by atoms with Crippen LogP contribution in [0.2, 0.25) is 0 Å². The second-order valence-corrected chi connectivity index (χ2v) is 7.07. The first-order chi connectivity index (χ1) is 14.5. The molecule has 0 spiro atoms. The average Bonchev–Trinajstić information content (AvgIpc) is 3.18. The third-order valence-corrected chi connectivity index (χ3v) is 4.86. The van der Waals surface area contributed by atoms with E-state index in [0.717, 1.165) is 11.1 Å². The molecule has 0 amide bonds. The molecule has 0 saturated carbocycles. The molecule has 0 radical (unpaired) electrons. The van der Waals surface area contributed by atoms with E-state index in [1.54, 1.807) is 41.1 Å². The molecule has 1 N–H and O–H groups in total. The first kappa shape index (κ1) is 19.3. The van der Waals surface area contributed by atoms with Gasteiger partial charge in [0.2, 0.25) is 5.71 Å². The Morgan fingerprint density at radius 3 is 2.50 bits per heavy atom. The Bertz CT molecular complexity index is 1330. The van der Waals surface area contributed by atoms with E-state index in [0.29, 0.717) is 35.3 Å². The van der Waals surface area contributed by atoms with Gasteiger partial charge in [-0.15, -0.1) is 0 Å². The Kier molecular flexibility index (Phi) is 5.23. The largest absolute Gasteiger partial charge is 0.478 e. The van der Waals surface area contributed by atoms with Gasteiger partial charge in [-0.1, -0.05) is 48.4 Å². The topological polar surface area (TPSA) is 72.4 Å². The molecule has 0 bridgehead atoms. The third-order valence-electron chi connectivity index (χ3n) is 4.86. The van der Waals surface area contributed by atoms with Crippen LogP contribution in [-0.4, -0.2) is 15.6 Å². The van der Waals surface area contributed by atoms with E-state index in [1.807, 2.05) is 37.4 Å². The molecule has 2 heterocycles. The summed E-state index contributed by atoms with van der Waals surface area (Å²) in [6.07, 6.45) is 2.76.